The van der Waals surface area contributed by atoms with Crippen molar-refractivity contribution in [2.45, 2.75) is 51.2 Å². The first-order valence-corrected chi connectivity index (χ1v) is 7.58. The van der Waals surface area contributed by atoms with Gasteiger partial charge in [-0.15, -0.1) is 0 Å². The minimum absolute atomic E-state index is 0.0247. The van der Waals surface area contributed by atoms with E-state index in [4.69, 9.17) is 9.52 Å². The van der Waals surface area contributed by atoms with Crippen LogP contribution in [-0.2, 0) is 10.0 Å². The smallest absolute Gasteiger partial charge is 0.340 e. The Bertz CT molecular complexity index is 602. The molecule has 0 aliphatic carbocycles. The largest absolute Gasteiger partial charge is 0.478 e. The van der Waals surface area contributed by atoms with Crippen LogP contribution in [0.25, 0.3) is 0 Å². The minimum atomic E-state index is -4.03. The number of aliphatic hydroxyl groups is 1. The first kappa shape index (κ1) is 16.7. The Labute approximate surface area is 117 Å². The van der Waals surface area contributed by atoms with Gasteiger partial charge in [0.2, 0.25) is 10.0 Å². The molecule has 1 rings (SSSR count). The van der Waals surface area contributed by atoms with E-state index >= 15 is 0 Å². The third kappa shape index (κ3) is 3.59. The number of rotatable bonds is 6. The van der Waals surface area contributed by atoms with Crippen LogP contribution >= 0.6 is 0 Å². The SMILES string of the molecule is Cc1oc(C)c(S(=O)(=O)NC(C)CC(C)O)c1C(=O)O. The van der Waals surface area contributed by atoms with E-state index in [9.17, 15) is 18.3 Å². The van der Waals surface area contributed by atoms with Crippen LogP contribution in [0.15, 0.2) is 9.31 Å². The number of furan rings is 1. The number of hydrogen-bond donors (Lipinski definition) is 3. The zero-order valence-electron chi connectivity index (χ0n) is 11.8. The number of hydrogen-bond acceptors (Lipinski definition) is 5. The fraction of sp³-hybridized carbons (Fsp3) is 0.583. The Hall–Kier alpha value is -1.38. The average molecular weight is 305 g/mol. The highest BCUT2D eigenvalue weighted by atomic mass is 32.2. The van der Waals surface area contributed by atoms with E-state index in [1.807, 2.05) is 0 Å². The van der Waals surface area contributed by atoms with Crippen molar-refractivity contribution in [3.05, 3.63) is 17.1 Å². The molecule has 2 unspecified atom stereocenters. The number of nitrogens with one attached hydrogen (secondary N) is 1. The van der Waals surface area contributed by atoms with E-state index < -0.39 is 28.1 Å². The van der Waals surface area contributed by atoms with Crippen molar-refractivity contribution in [1.29, 1.82) is 0 Å². The van der Waals surface area contributed by atoms with Crippen molar-refractivity contribution in [3.8, 4) is 0 Å². The first-order valence-electron chi connectivity index (χ1n) is 6.10. The topological polar surface area (TPSA) is 117 Å². The molecule has 1 aromatic heterocycles. The second kappa shape index (κ2) is 5.94. The third-order valence-electron chi connectivity index (χ3n) is 2.74. The van der Waals surface area contributed by atoms with Crippen molar-refractivity contribution in [2.24, 2.45) is 0 Å². The van der Waals surface area contributed by atoms with Gasteiger partial charge in [0.25, 0.3) is 0 Å². The third-order valence-corrected chi connectivity index (χ3v) is 4.48. The van der Waals surface area contributed by atoms with Crippen LogP contribution in [0.5, 0.6) is 0 Å². The Morgan fingerprint density at radius 2 is 1.85 bits per heavy atom. The average Bonchev–Trinajstić information content (AvgIpc) is 2.51. The maximum absolute atomic E-state index is 12.3. The van der Waals surface area contributed by atoms with Crippen molar-refractivity contribution >= 4 is 16.0 Å². The van der Waals surface area contributed by atoms with Crippen LogP contribution in [0.3, 0.4) is 0 Å². The monoisotopic (exact) mass is 305 g/mol. The molecule has 114 valence electrons. The zero-order chi connectivity index (χ0) is 15.7. The van der Waals surface area contributed by atoms with Crippen LogP contribution in [-0.4, -0.2) is 36.7 Å². The van der Waals surface area contributed by atoms with Gasteiger partial charge in [-0.3, -0.25) is 0 Å². The highest BCUT2D eigenvalue weighted by Crippen LogP contribution is 2.26. The molecule has 0 radical (unpaired) electrons. The molecule has 0 aliphatic rings. The normalized spacial score (nSPS) is 15.1. The molecule has 0 saturated carbocycles. The van der Waals surface area contributed by atoms with Crippen molar-refractivity contribution in [3.63, 3.8) is 0 Å². The molecular formula is C12H19NO6S. The van der Waals surface area contributed by atoms with Gasteiger partial charge < -0.3 is 14.6 Å². The summed E-state index contributed by atoms with van der Waals surface area (Å²) < 4.78 is 32.0. The molecule has 0 bridgehead atoms. The van der Waals surface area contributed by atoms with Gasteiger partial charge in [0.1, 0.15) is 22.0 Å². The second-order valence-corrected chi connectivity index (χ2v) is 6.48. The predicted molar refractivity (Wildman–Crippen MR) is 71.2 cm³/mol. The van der Waals surface area contributed by atoms with E-state index in [1.165, 1.54) is 13.8 Å². The molecule has 0 spiro atoms. The summed E-state index contributed by atoms with van der Waals surface area (Å²) in [5, 5.41) is 18.4. The number of aryl methyl sites for hydroxylation is 2. The number of carbonyl (C=O) groups is 1. The summed E-state index contributed by atoms with van der Waals surface area (Å²) in [6, 6.07) is -0.531. The molecule has 20 heavy (non-hydrogen) atoms. The lowest BCUT2D eigenvalue weighted by Gasteiger charge is -2.15. The summed E-state index contributed by atoms with van der Waals surface area (Å²) in [5.74, 6) is -1.29. The highest BCUT2D eigenvalue weighted by molar-refractivity contribution is 7.89. The summed E-state index contributed by atoms with van der Waals surface area (Å²) in [6.07, 6.45) is -0.448. The first-order chi connectivity index (χ1) is 9.06. The molecule has 0 fully saturated rings. The van der Waals surface area contributed by atoms with E-state index in [2.05, 4.69) is 4.72 Å². The van der Waals surface area contributed by atoms with Crippen molar-refractivity contribution < 1.29 is 27.8 Å². The van der Waals surface area contributed by atoms with Crippen LogP contribution in [0, 0.1) is 13.8 Å². The summed E-state index contributed by atoms with van der Waals surface area (Å²) in [5.41, 5.74) is -0.362. The van der Waals surface area contributed by atoms with Crippen LogP contribution in [0.1, 0.15) is 42.1 Å². The standard InChI is InChI=1S/C12H19NO6S/c1-6(5-7(2)14)13-20(17,18)11-9(4)19-8(3)10(11)12(15)16/h6-7,13-14H,5H2,1-4H3,(H,15,16). The molecule has 1 heterocycles. The van der Waals surface area contributed by atoms with Gasteiger partial charge in [-0.1, -0.05) is 0 Å². The molecule has 2 atom stereocenters. The summed E-state index contributed by atoms with van der Waals surface area (Å²) in [6.45, 7) is 5.93. The van der Waals surface area contributed by atoms with E-state index in [1.54, 1.807) is 13.8 Å². The van der Waals surface area contributed by atoms with Gasteiger partial charge in [0.15, 0.2) is 0 Å². The lowest BCUT2D eigenvalue weighted by Crippen LogP contribution is -2.35. The number of aliphatic hydroxyl groups excluding tert-OH is 1. The Morgan fingerprint density at radius 1 is 1.30 bits per heavy atom. The molecule has 0 aliphatic heterocycles. The van der Waals surface area contributed by atoms with Gasteiger partial charge in [-0.05, 0) is 34.1 Å². The fourth-order valence-electron chi connectivity index (χ4n) is 2.12. The van der Waals surface area contributed by atoms with Crippen LogP contribution in [0.4, 0.5) is 0 Å². The van der Waals surface area contributed by atoms with Gasteiger partial charge in [0, 0.05) is 6.04 Å². The lowest BCUT2D eigenvalue weighted by molar-refractivity contribution is 0.0691. The van der Waals surface area contributed by atoms with E-state index in [0.29, 0.717) is 0 Å². The number of sulfonamides is 1. The van der Waals surface area contributed by atoms with E-state index in [0.717, 1.165) is 0 Å². The molecular weight excluding hydrogens is 286 g/mol. The quantitative estimate of drug-likeness (QED) is 0.722. The Morgan fingerprint density at radius 3 is 2.30 bits per heavy atom. The molecule has 7 nitrogen and oxygen atoms in total. The predicted octanol–water partition coefficient (Wildman–Crippen LogP) is 1.03. The maximum atomic E-state index is 12.3. The van der Waals surface area contributed by atoms with Gasteiger partial charge in [-0.25, -0.2) is 17.9 Å². The summed E-state index contributed by atoms with van der Waals surface area (Å²) >= 11 is 0. The highest BCUT2D eigenvalue weighted by Gasteiger charge is 2.31. The summed E-state index contributed by atoms with van der Waals surface area (Å²) in [4.78, 5) is 10.8. The molecule has 3 N–H and O–H groups in total. The second-order valence-electron chi connectivity index (χ2n) is 4.83. The zero-order valence-corrected chi connectivity index (χ0v) is 12.6. The van der Waals surface area contributed by atoms with Gasteiger partial charge in [-0.2, -0.15) is 0 Å². The number of carboxylic acid groups (broad SMARTS) is 1. The number of aromatic carboxylic acids is 1. The maximum Gasteiger partial charge on any atom is 0.340 e. The van der Waals surface area contributed by atoms with Crippen molar-refractivity contribution in [2.75, 3.05) is 0 Å². The molecule has 8 heteroatoms. The number of carboxylic acids is 1. The fourth-order valence-corrected chi connectivity index (χ4v) is 3.78. The van der Waals surface area contributed by atoms with E-state index in [-0.39, 0.29) is 28.4 Å². The Balaban J connectivity index is 3.20. The van der Waals surface area contributed by atoms with Crippen LogP contribution < -0.4 is 4.72 Å². The minimum Gasteiger partial charge on any atom is -0.478 e. The summed E-state index contributed by atoms with van der Waals surface area (Å²) in [7, 11) is -4.03. The van der Waals surface area contributed by atoms with Crippen molar-refractivity contribution in [1.82, 2.24) is 4.72 Å². The molecule has 0 saturated heterocycles. The Kier molecular flexibility index (Phi) is 4.95. The van der Waals surface area contributed by atoms with Gasteiger partial charge in [0.05, 0.1) is 6.10 Å². The molecule has 0 amide bonds. The molecule has 1 aromatic rings. The molecule has 0 aromatic carbocycles. The van der Waals surface area contributed by atoms with Crippen LogP contribution in [0.2, 0.25) is 0 Å². The van der Waals surface area contributed by atoms with Gasteiger partial charge >= 0.3 is 5.97 Å². The lowest BCUT2D eigenvalue weighted by atomic mass is 10.2.